The van der Waals surface area contributed by atoms with Gasteiger partial charge in [-0.1, -0.05) is 18.2 Å². The van der Waals surface area contributed by atoms with E-state index < -0.39 is 0 Å². The lowest BCUT2D eigenvalue weighted by atomic mass is 10.1. The van der Waals surface area contributed by atoms with E-state index in [9.17, 15) is 9.18 Å². The first-order valence-electron chi connectivity index (χ1n) is 8.03. The van der Waals surface area contributed by atoms with Gasteiger partial charge in [-0.25, -0.2) is 4.39 Å². The highest BCUT2D eigenvalue weighted by Gasteiger charge is 2.32. The van der Waals surface area contributed by atoms with E-state index in [1.807, 2.05) is 36.9 Å². The van der Waals surface area contributed by atoms with Crippen LogP contribution in [0.1, 0.15) is 28.5 Å². The molecule has 0 unspecified atom stereocenters. The molecule has 4 heteroatoms. The van der Waals surface area contributed by atoms with Crippen LogP contribution in [-0.2, 0) is 6.42 Å². The van der Waals surface area contributed by atoms with Crippen molar-refractivity contribution < 1.29 is 9.18 Å². The van der Waals surface area contributed by atoms with Crippen molar-refractivity contribution in [2.24, 2.45) is 0 Å². The number of carbonyl (C=O) groups excluding carboxylic acids is 1. The van der Waals surface area contributed by atoms with Crippen molar-refractivity contribution >= 4 is 22.5 Å². The van der Waals surface area contributed by atoms with Crippen LogP contribution in [0, 0.1) is 12.7 Å². The smallest absolute Gasteiger partial charge is 0.260 e. The lowest BCUT2D eigenvalue weighted by molar-refractivity contribution is 0.0980. The number of hydrogen-bond acceptors (Lipinski definition) is 2. The zero-order valence-corrected chi connectivity index (χ0v) is 13.6. The Morgan fingerprint density at radius 3 is 2.83 bits per heavy atom. The first kappa shape index (κ1) is 14.8. The quantitative estimate of drug-likeness (QED) is 0.671. The molecule has 24 heavy (non-hydrogen) atoms. The summed E-state index contributed by atoms with van der Waals surface area (Å²) >= 11 is 0. The van der Waals surface area contributed by atoms with Gasteiger partial charge in [-0.15, -0.1) is 0 Å². The molecule has 3 aromatic rings. The Morgan fingerprint density at radius 2 is 2.00 bits per heavy atom. The van der Waals surface area contributed by atoms with Crippen molar-refractivity contribution in [3.8, 4) is 0 Å². The van der Waals surface area contributed by atoms with Gasteiger partial charge in [0, 0.05) is 17.1 Å². The van der Waals surface area contributed by atoms with Crippen molar-refractivity contribution in [2.45, 2.75) is 26.3 Å². The molecule has 1 amide bonds. The molecule has 0 fully saturated rings. The molecule has 0 saturated carbocycles. The van der Waals surface area contributed by atoms with E-state index in [4.69, 9.17) is 0 Å². The third-order valence-corrected chi connectivity index (χ3v) is 4.62. The number of amides is 1. The topological polar surface area (TPSA) is 33.2 Å². The Bertz CT molecular complexity index is 967. The summed E-state index contributed by atoms with van der Waals surface area (Å²) in [6.45, 7) is 3.87. The van der Waals surface area contributed by atoms with E-state index in [-0.39, 0.29) is 17.8 Å². The van der Waals surface area contributed by atoms with Crippen molar-refractivity contribution in [1.82, 2.24) is 4.98 Å². The summed E-state index contributed by atoms with van der Waals surface area (Å²) in [7, 11) is 0. The largest absolute Gasteiger partial charge is 0.305 e. The van der Waals surface area contributed by atoms with Gasteiger partial charge in [0.25, 0.3) is 5.91 Å². The molecule has 3 nitrogen and oxygen atoms in total. The molecule has 0 N–H and O–H groups in total. The van der Waals surface area contributed by atoms with Crippen molar-refractivity contribution in [1.29, 1.82) is 0 Å². The summed E-state index contributed by atoms with van der Waals surface area (Å²) in [6.07, 6.45) is 0.844. The number of nitrogens with zero attached hydrogens (tertiary/aromatic N) is 2. The highest BCUT2D eigenvalue weighted by atomic mass is 19.1. The van der Waals surface area contributed by atoms with Crippen LogP contribution in [0.3, 0.4) is 0 Å². The maximum atomic E-state index is 13.5. The van der Waals surface area contributed by atoms with E-state index in [1.165, 1.54) is 17.7 Å². The Kier molecular flexibility index (Phi) is 3.34. The maximum absolute atomic E-state index is 13.5. The Hall–Kier alpha value is -2.75. The first-order valence-corrected chi connectivity index (χ1v) is 8.03. The van der Waals surface area contributed by atoms with E-state index in [0.717, 1.165) is 12.1 Å². The second kappa shape index (κ2) is 5.41. The molecule has 4 rings (SSSR count). The number of halogens is 1. The van der Waals surface area contributed by atoms with Crippen LogP contribution >= 0.6 is 0 Å². The molecule has 0 aliphatic carbocycles. The average Bonchev–Trinajstić information content (AvgIpc) is 2.89. The van der Waals surface area contributed by atoms with Gasteiger partial charge in [0.15, 0.2) is 0 Å². The van der Waals surface area contributed by atoms with E-state index >= 15 is 0 Å². The third-order valence-electron chi connectivity index (χ3n) is 4.62. The van der Waals surface area contributed by atoms with Gasteiger partial charge in [0.1, 0.15) is 5.82 Å². The summed E-state index contributed by atoms with van der Waals surface area (Å²) in [6, 6.07) is 14.2. The third kappa shape index (κ3) is 2.26. The predicted molar refractivity (Wildman–Crippen MR) is 92.9 cm³/mol. The van der Waals surface area contributed by atoms with Crippen LogP contribution in [0.5, 0.6) is 0 Å². The minimum absolute atomic E-state index is 0.0800. The number of fused-ring (bicyclic) bond motifs is 2. The van der Waals surface area contributed by atoms with Crippen LogP contribution in [0.25, 0.3) is 10.9 Å². The fourth-order valence-corrected chi connectivity index (χ4v) is 3.46. The standard InChI is InChI=1S/C20H17FN2O/c1-12-9-14-5-3-4-6-19(14)23(12)20(24)17-11-15-10-16(21)7-8-18(15)22-13(17)2/h3-8,10-12H,9H2,1-2H3/t12-/m1/s1. The van der Waals surface area contributed by atoms with Crippen molar-refractivity contribution in [2.75, 3.05) is 4.90 Å². The highest BCUT2D eigenvalue weighted by molar-refractivity contribution is 6.09. The lowest BCUT2D eigenvalue weighted by Gasteiger charge is -2.23. The van der Waals surface area contributed by atoms with E-state index in [2.05, 4.69) is 11.1 Å². The van der Waals surface area contributed by atoms with Gasteiger partial charge >= 0.3 is 0 Å². The molecule has 2 aromatic carbocycles. The molecule has 0 radical (unpaired) electrons. The maximum Gasteiger partial charge on any atom is 0.260 e. The number of hydrogen-bond donors (Lipinski definition) is 0. The number of aromatic nitrogens is 1. The molecule has 1 aliphatic heterocycles. The van der Waals surface area contributed by atoms with E-state index in [0.29, 0.717) is 22.2 Å². The van der Waals surface area contributed by atoms with Gasteiger partial charge in [-0.05, 0) is 56.2 Å². The second-order valence-corrected chi connectivity index (χ2v) is 6.32. The number of rotatable bonds is 1. The summed E-state index contributed by atoms with van der Waals surface area (Å²) in [4.78, 5) is 19.5. The molecule has 0 saturated heterocycles. The number of para-hydroxylation sites is 1. The first-order chi connectivity index (χ1) is 11.5. The minimum Gasteiger partial charge on any atom is -0.305 e. The Balaban J connectivity index is 1.82. The minimum atomic E-state index is -0.327. The molecular weight excluding hydrogens is 303 g/mol. The fraction of sp³-hybridized carbons (Fsp3) is 0.200. The van der Waals surface area contributed by atoms with Gasteiger partial charge < -0.3 is 4.90 Å². The number of aryl methyl sites for hydroxylation is 1. The van der Waals surface area contributed by atoms with Gasteiger partial charge in [-0.2, -0.15) is 0 Å². The fourth-order valence-electron chi connectivity index (χ4n) is 3.46. The van der Waals surface area contributed by atoms with Crippen LogP contribution < -0.4 is 4.90 Å². The number of benzene rings is 2. The summed E-state index contributed by atoms with van der Waals surface area (Å²) in [5.41, 5.74) is 4.01. The SMILES string of the molecule is Cc1nc2ccc(F)cc2cc1C(=O)N1c2ccccc2C[C@H]1C. The molecule has 1 aliphatic rings. The summed E-state index contributed by atoms with van der Waals surface area (Å²) in [5.74, 6) is -0.407. The average molecular weight is 320 g/mol. The Labute approximate surface area is 139 Å². The molecule has 0 spiro atoms. The number of carbonyl (C=O) groups is 1. The molecule has 2 heterocycles. The molecule has 120 valence electrons. The van der Waals surface area contributed by atoms with Gasteiger partial charge in [0.2, 0.25) is 0 Å². The van der Waals surface area contributed by atoms with Crippen molar-refractivity contribution in [3.63, 3.8) is 0 Å². The number of pyridine rings is 1. The van der Waals surface area contributed by atoms with Crippen LogP contribution in [0.4, 0.5) is 10.1 Å². The molecule has 1 atom stereocenters. The van der Waals surface area contributed by atoms with Gasteiger partial charge in [-0.3, -0.25) is 9.78 Å². The highest BCUT2D eigenvalue weighted by Crippen LogP contribution is 2.33. The van der Waals surface area contributed by atoms with Crippen LogP contribution in [0.2, 0.25) is 0 Å². The zero-order valence-electron chi connectivity index (χ0n) is 13.6. The van der Waals surface area contributed by atoms with E-state index in [1.54, 1.807) is 12.1 Å². The predicted octanol–water partition coefficient (Wildman–Crippen LogP) is 4.27. The lowest BCUT2D eigenvalue weighted by Crippen LogP contribution is -2.36. The number of anilines is 1. The van der Waals surface area contributed by atoms with Gasteiger partial charge in [0.05, 0.1) is 16.8 Å². The second-order valence-electron chi connectivity index (χ2n) is 6.32. The monoisotopic (exact) mass is 320 g/mol. The normalized spacial score (nSPS) is 16.5. The Morgan fingerprint density at radius 1 is 1.21 bits per heavy atom. The van der Waals surface area contributed by atoms with Crippen LogP contribution in [0.15, 0.2) is 48.5 Å². The van der Waals surface area contributed by atoms with Crippen LogP contribution in [-0.4, -0.2) is 16.9 Å². The summed E-state index contributed by atoms with van der Waals surface area (Å²) in [5, 5.41) is 0.643. The van der Waals surface area contributed by atoms with Crippen molar-refractivity contribution in [3.05, 3.63) is 71.2 Å². The molecule has 0 bridgehead atoms. The molecular formula is C20H17FN2O. The zero-order chi connectivity index (χ0) is 16.8. The molecule has 1 aromatic heterocycles. The summed E-state index contributed by atoms with van der Waals surface area (Å²) < 4.78 is 13.5.